The standard InChI is InChI=1S/C26H32N4O2/c1-17(2)19(4)28-26(32)29-24-15-23(8-5-18(24)3)25(31)30-13-11-22(12-14-30)21-9-6-20(16-27)7-10-21/h5-10,15,17,19,22H,11-14H2,1-4H3,(H2,28,29,32). The average molecular weight is 433 g/mol. The van der Waals surface area contributed by atoms with Crippen molar-refractivity contribution >= 4 is 17.6 Å². The second-order valence-electron chi connectivity index (χ2n) is 8.96. The normalized spacial score (nSPS) is 15.2. The maximum atomic E-state index is 13.1. The predicted octanol–water partition coefficient (Wildman–Crippen LogP) is 5.05. The van der Waals surface area contributed by atoms with E-state index < -0.39 is 0 Å². The third kappa shape index (κ3) is 5.67. The van der Waals surface area contributed by atoms with Crippen molar-refractivity contribution in [2.24, 2.45) is 5.92 Å². The van der Waals surface area contributed by atoms with Gasteiger partial charge in [-0.05, 0) is 73.9 Å². The highest BCUT2D eigenvalue weighted by molar-refractivity contribution is 5.97. The molecule has 32 heavy (non-hydrogen) atoms. The number of benzene rings is 2. The van der Waals surface area contributed by atoms with Gasteiger partial charge in [-0.1, -0.05) is 32.0 Å². The Balaban J connectivity index is 1.62. The Morgan fingerprint density at radius 2 is 1.72 bits per heavy atom. The number of nitrogens with one attached hydrogen (secondary N) is 2. The Morgan fingerprint density at radius 3 is 2.31 bits per heavy atom. The van der Waals surface area contributed by atoms with Gasteiger partial charge >= 0.3 is 6.03 Å². The molecule has 168 valence electrons. The summed E-state index contributed by atoms with van der Waals surface area (Å²) in [6.45, 7) is 9.37. The van der Waals surface area contributed by atoms with Gasteiger partial charge in [-0.2, -0.15) is 5.26 Å². The Bertz CT molecular complexity index is 999. The van der Waals surface area contributed by atoms with Crippen molar-refractivity contribution in [3.8, 4) is 6.07 Å². The third-order valence-electron chi connectivity index (χ3n) is 6.38. The highest BCUT2D eigenvalue weighted by Gasteiger charge is 2.25. The highest BCUT2D eigenvalue weighted by Crippen LogP contribution is 2.29. The lowest BCUT2D eigenvalue weighted by atomic mass is 9.89. The topological polar surface area (TPSA) is 85.2 Å². The SMILES string of the molecule is Cc1ccc(C(=O)N2CCC(c3ccc(C#N)cc3)CC2)cc1NC(=O)NC(C)C(C)C. The van der Waals surface area contributed by atoms with Crippen LogP contribution >= 0.6 is 0 Å². The quantitative estimate of drug-likeness (QED) is 0.693. The number of rotatable bonds is 5. The van der Waals surface area contributed by atoms with Gasteiger partial charge in [0, 0.05) is 30.4 Å². The lowest BCUT2D eigenvalue weighted by Crippen LogP contribution is -2.39. The van der Waals surface area contributed by atoms with Crippen LogP contribution in [0.1, 0.15) is 66.6 Å². The fourth-order valence-electron chi connectivity index (χ4n) is 3.85. The maximum Gasteiger partial charge on any atom is 0.319 e. The smallest absolute Gasteiger partial charge is 0.319 e. The number of piperidine rings is 1. The van der Waals surface area contributed by atoms with Gasteiger partial charge in [-0.25, -0.2) is 4.79 Å². The van der Waals surface area contributed by atoms with E-state index >= 15 is 0 Å². The Labute approximate surface area is 190 Å². The van der Waals surface area contributed by atoms with Crippen molar-refractivity contribution in [3.63, 3.8) is 0 Å². The molecule has 3 rings (SSSR count). The molecule has 0 aromatic heterocycles. The van der Waals surface area contributed by atoms with Crippen LogP contribution in [0, 0.1) is 24.2 Å². The first-order valence-electron chi connectivity index (χ1n) is 11.3. The van der Waals surface area contributed by atoms with Gasteiger partial charge in [0.15, 0.2) is 0 Å². The molecule has 2 aromatic rings. The summed E-state index contributed by atoms with van der Waals surface area (Å²) in [5.74, 6) is 0.720. The summed E-state index contributed by atoms with van der Waals surface area (Å²) < 4.78 is 0. The molecule has 2 aromatic carbocycles. The third-order valence-corrected chi connectivity index (χ3v) is 6.38. The summed E-state index contributed by atoms with van der Waals surface area (Å²) in [5.41, 5.74) is 4.03. The van der Waals surface area contributed by atoms with Crippen molar-refractivity contribution in [3.05, 3.63) is 64.7 Å². The van der Waals surface area contributed by atoms with Crippen molar-refractivity contribution in [2.45, 2.75) is 52.5 Å². The largest absolute Gasteiger partial charge is 0.339 e. The average Bonchev–Trinajstić information content (AvgIpc) is 2.80. The van der Waals surface area contributed by atoms with Crippen LogP contribution in [0.25, 0.3) is 0 Å². The van der Waals surface area contributed by atoms with Crippen LogP contribution in [-0.2, 0) is 0 Å². The molecular formula is C26H32N4O2. The van der Waals surface area contributed by atoms with E-state index in [1.54, 1.807) is 6.07 Å². The number of amides is 3. The van der Waals surface area contributed by atoms with Crippen LogP contribution in [0.5, 0.6) is 0 Å². The number of nitriles is 1. The number of anilines is 1. The molecule has 1 aliphatic rings. The van der Waals surface area contributed by atoms with Gasteiger partial charge in [0.1, 0.15) is 0 Å². The molecule has 3 amide bonds. The number of hydrogen-bond acceptors (Lipinski definition) is 3. The van der Waals surface area contributed by atoms with E-state index in [9.17, 15) is 9.59 Å². The lowest BCUT2D eigenvalue weighted by Gasteiger charge is -2.32. The monoisotopic (exact) mass is 432 g/mol. The van der Waals surface area contributed by atoms with E-state index in [1.165, 1.54) is 5.56 Å². The van der Waals surface area contributed by atoms with E-state index in [0.29, 0.717) is 41.7 Å². The van der Waals surface area contributed by atoms with Crippen LogP contribution in [-0.4, -0.2) is 36.0 Å². The summed E-state index contributed by atoms with van der Waals surface area (Å²) in [6, 6.07) is 15.1. The molecule has 0 aliphatic carbocycles. The van der Waals surface area contributed by atoms with E-state index in [0.717, 1.165) is 18.4 Å². The van der Waals surface area contributed by atoms with Crippen molar-refractivity contribution in [1.29, 1.82) is 5.26 Å². The Kier molecular flexibility index (Phi) is 7.53. The number of nitrogens with zero attached hydrogens (tertiary/aromatic N) is 2. The molecule has 6 heteroatoms. The van der Waals surface area contributed by atoms with E-state index in [-0.39, 0.29) is 18.0 Å². The second-order valence-corrected chi connectivity index (χ2v) is 8.96. The van der Waals surface area contributed by atoms with E-state index in [4.69, 9.17) is 5.26 Å². The first-order valence-corrected chi connectivity index (χ1v) is 11.3. The van der Waals surface area contributed by atoms with Gasteiger partial charge in [0.2, 0.25) is 0 Å². The number of aryl methyl sites for hydroxylation is 1. The molecule has 0 saturated carbocycles. The second kappa shape index (κ2) is 10.3. The van der Waals surface area contributed by atoms with Crippen molar-refractivity contribution in [1.82, 2.24) is 10.2 Å². The Hall–Kier alpha value is -3.33. The molecule has 0 radical (unpaired) electrons. The van der Waals surface area contributed by atoms with Gasteiger partial charge in [-0.3, -0.25) is 4.79 Å². The number of carbonyl (C=O) groups is 2. The number of urea groups is 1. The molecule has 0 spiro atoms. The zero-order chi connectivity index (χ0) is 23.3. The van der Waals surface area contributed by atoms with Gasteiger partial charge in [-0.15, -0.1) is 0 Å². The molecule has 2 N–H and O–H groups in total. The van der Waals surface area contributed by atoms with E-state index in [1.807, 2.05) is 55.1 Å². The molecule has 1 saturated heterocycles. The maximum absolute atomic E-state index is 13.1. The van der Waals surface area contributed by atoms with Crippen LogP contribution in [0.15, 0.2) is 42.5 Å². The first kappa shape index (κ1) is 23.3. The van der Waals surface area contributed by atoms with Crippen LogP contribution in [0.2, 0.25) is 0 Å². The minimum Gasteiger partial charge on any atom is -0.339 e. The van der Waals surface area contributed by atoms with Gasteiger partial charge in [0.25, 0.3) is 5.91 Å². The minimum absolute atomic E-state index is 0.0118. The summed E-state index contributed by atoms with van der Waals surface area (Å²) in [7, 11) is 0. The zero-order valence-electron chi connectivity index (χ0n) is 19.3. The molecule has 0 bridgehead atoms. The summed E-state index contributed by atoms with van der Waals surface area (Å²) in [5, 5.41) is 14.8. The van der Waals surface area contributed by atoms with Gasteiger partial charge in [0.05, 0.1) is 11.6 Å². The van der Waals surface area contributed by atoms with Crippen LogP contribution < -0.4 is 10.6 Å². The van der Waals surface area contributed by atoms with Crippen molar-refractivity contribution < 1.29 is 9.59 Å². The number of hydrogen-bond donors (Lipinski definition) is 2. The molecular weight excluding hydrogens is 400 g/mol. The molecule has 1 unspecified atom stereocenters. The summed E-state index contributed by atoms with van der Waals surface area (Å²) in [6.07, 6.45) is 1.79. The first-order chi connectivity index (χ1) is 15.3. The summed E-state index contributed by atoms with van der Waals surface area (Å²) in [4.78, 5) is 27.3. The van der Waals surface area contributed by atoms with Crippen molar-refractivity contribution in [2.75, 3.05) is 18.4 Å². The summed E-state index contributed by atoms with van der Waals surface area (Å²) >= 11 is 0. The van der Waals surface area contributed by atoms with Crippen LogP contribution in [0.3, 0.4) is 0 Å². The fourth-order valence-corrected chi connectivity index (χ4v) is 3.85. The molecule has 1 fully saturated rings. The molecule has 6 nitrogen and oxygen atoms in total. The van der Waals surface area contributed by atoms with E-state index in [2.05, 4.69) is 30.6 Å². The zero-order valence-corrected chi connectivity index (χ0v) is 19.3. The fraction of sp³-hybridized carbons (Fsp3) is 0.423. The highest BCUT2D eigenvalue weighted by atomic mass is 16.2. The molecule has 1 atom stereocenters. The Morgan fingerprint density at radius 1 is 1.06 bits per heavy atom. The van der Waals surface area contributed by atoms with Crippen LogP contribution in [0.4, 0.5) is 10.5 Å². The predicted molar refractivity (Wildman–Crippen MR) is 127 cm³/mol. The number of carbonyl (C=O) groups excluding carboxylic acids is 2. The molecule has 1 heterocycles. The lowest BCUT2D eigenvalue weighted by molar-refractivity contribution is 0.0713. The van der Waals surface area contributed by atoms with Gasteiger partial charge < -0.3 is 15.5 Å². The molecule has 1 aliphatic heterocycles. The number of likely N-dealkylation sites (tertiary alicyclic amines) is 1. The minimum atomic E-state index is -0.262.